The number of hydrogen-bond acceptors (Lipinski definition) is 3. The van der Waals surface area contributed by atoms with Crippen LogP contribution in [0.15, 0.2) is 4.99 Å². The zero-order valence-electron chi connectivity index (χ0n) is 14.6. The summed E-state index contributed by atoms with van der Waals surface area (Å²) in [6.45, 7) is 5.75. The van der Waals surface area contributed by atoms with Crippen molar-refractivity contribution in [3.8, 4) is 0 Å². The van der Waals surface area contributed by atoms with Gasteiger partial charge < -0.3 is 20.3 Å². The Morgan fingerprint density at radius 2 is 2.00 bits per heavy atom. The summed E-state index contributed by atoms with van der Waals surface area (Å²) in [6.07, 6.45) is 4.76. The van der Waals surface area contributed by atoms with Crippen molar-refractivity contribution >= 4 is 35.8 Å². The first-order valence-electron chi connectivity index (χ1n) is 7.75. The van der Waals surface area contributed by atoms with Crippen LogP contribution in [0.5, 0.6) is 0 Å². The van der Waals surface area contributed by atoms with E-state index in [9.17, 15) is 4.79 Å². The van der Waals surface area contributed by atoms with Gasteiger partial charge in [0, 0.05) is 33.8 Å². The summed E-state index contributed by atoms with van der Waals surface area (Å²) >= 11 is 0. The molecular weight excluding hydrogens is 395 g/mol. The summed E-state index contributed by atoms with van der Waals surface area (Å²) in [5, 5.41) is 6.52. The van der Waals surface area contributed by atoms with Gasteiger partial charge in [-0.2, -0.15) is 0 Å². The molecule has 1 amide bonds. The van der Waals surface area contributed by atoms with Crippen LogP contribution >= 0.6 is 24.0 Å². The van der Waals surface area contributed by atoms with Crippen molar-refractivity contribution in [2.45, 2.75) is 45.6 Å². The minimum absolute atomic E-state index is 0. The van der Waals surface area contributed by atoms with Gasteiger partial charge in [0.05, 0.1) is 6.61 Å². The van der Waals surface area contributed by atoms with Crippen molar-refractivity contribution in [1.82, 2.24) is 15.5 Å². The number of methoxy groups -OCH3 is 1. The molecule has 0 aromatic rings. The van der Waals surface area contributed by atoms with E-state index in [4.69, 9.17) is 4.74 Å². The molecule has 0 saturated heterocycles. The average molecular weight is 428 g/mol. The number of likely N-dealkylation sites (N-methyl/N-ethyl adjacent to an activating group) is 1. The minimum atomic E-state index is -0.0125. The van der Waals surface area contributed by atoms with Gasteiger partial charge in [-0.25, -0.2) is 4.99 Å². The summed E-state index contributed by atoms with van der Waals surface area (Å²) < 4.78 is 5.02. The van der Waals surface area contributed by atoms with Crippen LogP contribution in [0, 0.1) is 0 Å². The molecule has 0 aromatic carbocycles. The maximum atomic E-state index is 11.6. The van der Waals surface area contributed by atoms with Crippen molar-refractivity contribution in [3.05, 3.63) is 0 Å². The van der Waals surface area contributed by atoms with E-state index in [-0.39, 0.29) is 36.4 Å². The van der Waals surface area contributed by atoms with Crippen LogP contribution in [0.4, 0.5) is 0 Å². The molecule has 0 aliphatic rings. The lowest BCUT2D eigenvalue weighted by Gasteiger charge is -2.18. The Morgan fingerprint density at radius 3 is 2.55 bits per heavy atom. The molecule has 132 valence electrons. The maximum Gasteiger partial charge on any atom is 0.243 e. The van der Waals surface area contributed by atoms with Gasteiger partial charge in [0.15, 0.2) is 5.96 Å². The molecule has 1 atom stereocenters. The van der Waals surface area contributed by atoms with Crippen molar-refractivity contribution in [2.75, 3.05) is 40.9 Å². The van der Waals surface area contributed by atoms with Gasteiger partial charge in [0.2, 0.25) is 5.91 Å². The third-order valence-electron chi connectivity index (χ3n) is 3.09. The Hall–Kier alpha value is -0.570. The van der Waals surface area contributed by atoms with E-state index in [1.165, 1.54) is 19.3 Å². The number of ether oxygens (including phenoxy) is 1. The molecular formula is C15H33IN4O2. The van der Waals surface area contributed by atoms with Crippen LogP contribution in [-0.2, 0) is 9.53 Å². The highest BCUT2D eigenvalue weighted by molar-refractivity contribution is 14.0. The highest BCUT2D eigenvalue weighted by Crippen LogP contribution is 2.02. The number of rotatable bonds is 10. The fourth-order valence-electron chi connectivity index (χ4n) is 1.72. The highest BCUT2D eigenvalue weighted by Gasteiger charge is 2.07. The zero-order chi connectivity index (χ0) is 16.1. The fourth-order valence-corrected chi connectivity index (χ4v) is 1.72. The molecule has 0 aliphatic heterocycles. The van der Waals surface area contributed by atoms with Crippen LogP contribution in [0.1, 0.15) is 39.5 Å². The lowest BCUT2D eigenvalue weighted by Crippen LogP contribution is -2.44. The number of carbonyl (C=O) groups is 1. The van der Waals surface area contributed by atoms with Crippen LogP contribution in [0.3, 0.4) is 0 Å². The monoisotopic (exact) mass is 428 g/mol. The smallest absolute Gasteiger partial charge is 0.243 e. The van der Waals surface area contributed by atoms with E-state index in [1.54, 1.807) is 26.1 Å². The van der Waals surface area contributed by atoms with Crippen LogP contribution < -0.4 is 10.6 Å². The maximum absolute atomic E-state index is 11.6. The molecule has 0 heterocycles. The Bertz CT molecular complexity index is 312. The van der Waals surface area contributed by atoms with Gasteiger partial charge in [-0.05, 0) is 13.3 Å². The highest BCUT2D eigenvalue weighted by atomic mass is 127. The number of hydrogen-bond donors (Lipinski definition) is 2. The molecule has 1 unspecified atom stereocenters. The van der Waals surface area contributed by atoms with Crippen molar-refractivity contribution < 1.29 is 9.53 Å². The standard InChI is InChI=1S/C15H32N4O2.HI/c1-6-7-8-9-13(2)18-15(16-10-11-21-5)17-12-14(20)19(3)4;/h13H,6-12H2,1-5H3,(H2,16,17,18);1H. The van der Waals surface area contributed by atoms with E-state index in [2.05, 4.69) is 29.5 Å². The first kappa shape index (κ1) is 23.7. The quantitative estimate of drug-likeness (QED) is 0.241. The van der Waals surface area contributed by atoms with Gasteiger partial charge in [-0.1, -0.05) is 26.2 Å². The molecule has 0 spiro atoms. The van der Waals surface area contributed by atoms with E-state index >= 15 is 0 Å². The van der Waals surface area contributed by atoms with E-state index in [0.717, 1.165) is 6.42 Å². The fraction of sp³-hybridized carbons (Fsp3) is 0.867. The second-order valence-electron chi connectivity index (χ2n) is 5.41. The molecule has 0 fully saturated rings. The summed E-state index contributed by atoms with van der Waals surface area (Å²) in [4.78, 5) is 17.5. The molecule has 0 saturated carbocycles. The van der Waals surface area contributed by atoms with Crippen LogP contribution in [0.25, 0.3) is 0 Å². The van der Waals surface area contributed by atoms with Crippen molar-refractivity contribution in [1.29, 1.82) is 0 Å². The molecule has 7 heteroatoms. The van der Waals surface area contributed by atoms with E-state index in [1.807, 2.05) is 0 Å². The molecule has 0 rings (SSSR count). The Balaban J connectivity index is 0. The number of unbranched alkanes of at least 4 members (excludes halogenated alkanes) is 2. The van der Waals surface area contributed by atoms with Gasteiger partial charge in [-0.3, -0.25) is 4.79 Å². The van der Waals surface area contributed by atoms with Gasteiger partial charge >= 0.3 is 0 Å². The molecule has 0 bridgehead atoms. The Kier molecular flexibility index (Phi) is 16.5. The third-order valence-corrected chi connectivity index (χ3v) is 3.09. The average Bonchev–Trinajstić information content (AvgIpc) is 2.44. The molecule has 0 radical (unpaired) electrons. The number of carbonyl (C=O) groups excluding carboxylic acids is 1. The lowest BCUT2D eigenvalue weighted by molar-refractivity contribution is -0.127. The Morgan fingerprint density at radius 1 is 1.32 bits per heavy atom. The molecule has 6 nitrogen and oxygen atoms in total. The molecule has 0 aromatic heterocycles. The second-order valence-corrected chi connectivity index (χ2v) is 5.41. The van der Waals surface area contributed by atoms with Crippen LogP contribution in [0.2, 0.25) is 0 Å². The summed E-state index contributed by atoms with van der Waals surface area (Å²) in [6, 6.07) is 0.333. The zero-order valence-corrected chi connectivity index (χ0v) is 17.0. The van der Waals surface area contributed by atoms with E-state index < -0.39 is 0 Å². The Labute approximate surface area is 152 Å². The predicted octanol–water partition coefficient (Wildman–Crippen LogP) is 1.84. The number of amides is 1. The minimum Gasteiger partial charge on any atom is -0.383 e. The summed E-state index contributed by atoms with van der Waals surface area (Å²) in [5.41, 5.74) is 0. The number of aliphatic imine (C=N–C) groups is 1. The number of guanidine groups is 1. The number of nitrogens with zero attached hydrogens (tertiary/aromatic N) is 2. The topological polar surface area (TPSA) is 66.0 Å². The van der Waals surface area contributed by atoms with Crippen molar-refractivity contribution in [3.63, 3.8) is 0 Å². The predicted molar refractivity (Wildman–Crippen MR) is 103 cm³/mol. The first-order chi connectivity index (χ1) is 10.0. The third kappa shape index (κ3) is 13.1. The van der Waals surface area contributed by atoms with Crippen LogP contribution in [-0.4, -0.2) is 63.7 Å². The lowest BCUT2D eigenvalue weighted by atomic mass is 10.1. The summed E-state index contributed by atoms with van der Waals surface area (Å²) in [7, 11) is 5.13. The first-order valence-corrected chi connectivity index (χ1v) is 7.75. The normalized spacial score (nSPS) is 12.3. The van der Waals surface area contributed by atoms with Gasteiger partial charge in [0.25, 0.3) is 0 Å². The van der Waals surface area contributed by atoms with E-state index in [0.29, 0.717) is 25.2 Å². The van der Waals surface area contributed by atoms with Gasteiger partial charge in [-0.15, -0.1) is 24.0 Å². The SMILES string of the molecule is CCCCCC(C)NC(=NCC(=O)N(C)C)NCCOC.I. The number of nitrogens with one attached hydrogen (secondary N) is 2. The summed E-state index contributed by atoms with van der Waals surface area (Å²) in [5.74, 6) is 0.660. The molecule has 0 aliphatic carbocycles. The molecule has 22 heavy (non-hydrogen) atoms. The second kappa shape index (κ2) is 15.3. The molecule has 2 N–H and O–H groups in total. The number of halogens is 1. The largest absolute Gasteiger partial charge is 0.383 e. The van der Waals surface area contributed by atoms with Crippen molar-refractivity contribution in [2.24, 2.45) is 4.99 Å². The van der Waals surface area contributed by atoms with Gasteiger partial charge in [0.1, 0.15) is 6.54 Å².